The van der Waals surface area contributed by atoms with Gasteiger partial charge in [-0.1, -0.05) is 11.6 Å². The molecule has 0 aromatic heterocycles. The molecule has 106 valence electrons. The molecule has 1 heterocycles. The van der Waals surface area contributed by atoms with Crippen LogP contribution < -0.4 is 16.0 Å². The van der Waals surface area contributed by atoms with Crippen molar-refractivity contribution in [2.75, 3.05) is 20.3 Å². The summed E-state index contributed by atoms with van der Waals surface area (Å²) in [6, 6.07) is 5.87. The van der Waals surface area contributed by atoms with Crippen LogP contribution in [-0.2, 0) is 11.2 Å². The third-order valence-corrected chi connectivity index (χ3v) is 3.82. The number of nitrogens with one attached hydrogen (secondary N) is 1. The van der Waals surface area contributed by atoms with Crippen molar-refractivity contribution in [3.63, 3.8) is 0 Å². The van der Waals surface area contributed by atoms with Crippen LogP contribution in [0.25, 0.3) is 0 Å². The fourth-order valence-corrected chi connectivity index (χ4v) is 2.75. The number of halogens is 1. The van der Waals surface area contributed by atoms with Gasteiger partial charge in [-0.05, 0) is 48.9 Å². The highest BCUT2D eigenvalue weighted by molar-refractivity contribution is 6.30. The molecule has 0 saturated carbocycles. The minimum absolute atomic E-state index is 0.207. The summed E-state index contributed by atoms with van der Waals surface area (Å²) < 4.78 is 10.8. The fourth-order valence-electron chi connectivity index (χ4n) is 2.55. The van der Waals surface area contributed by atoms with Gasteiger partial charge in [0, 0.05) is 24.3 Å². The van der Waals surface area contributed by atoms with E-state index in [0.29, 0.717) is 5.92 Å². The third kappa shape index (κ3) is 4.08. The number of benzene rings is 1. The topological polar surface area (TPSA) is 56.5 Å². The zero-order chi connectivity index (χ0) is 13.7. The molecule has 1 aliphatic heterocycles. The molecule has 1 aliphatic rings. The number of hydrogen-bond acceptors (Lipinski definition) is 4. The minimum atomic E-state index is 0.207. The Labute approximate surface area is 119 Å². The van der Waals surface area contributed by atoms with Crippen LogP contribution in [0.3, 0.4) is 0 Å². The highest BCUT2D eigenvalue weighted by Gasteiger charge is 2.21. The average Bonchev–Trinajstić information content (AvgIpc) is 2.91. The lowest BCUT2D eigenvalue weighted by Crippen LogP contribution is -2.38. The van der Waals surface area contributed by atoms with Crippen LogP contribution >= 0.6 is 11.6 Å². The van der Waals surface area contributed by atoms with E-state index in [9.17, 15) is 0 Å². The highest BCUT2D eigenvalue weighted by Crippen LogP contribution is 2.26. The second kappa shape index (κ2) is 7.10. The number of rotatable bonds is 6. The number of hydrogen-bond donors (Lipinski definition) is 2. The Kier molecular flexibility index (Phi) is 5.45. The van der Waals surface area contributed by atoms with E-state index >= 15 is 0 Å². The van der Waals surface area contributed by atoms with Crippen molar-refractivity contribution in [1.29, 1.82) is 0 Å². The Morgan fingerprint density at radius 1 is 1.58 bits per heavy atom. The second-order valence-corrected chi connectivity index (χ2v) is 5.43. The van der Waals surface area contributed by atoms with E-state index in [0.717, 1.165) is 48.8 Å². The summed E-state index contributed by atoms with van der Waals surface area (Å²) >= 11 is 6.04. The second-order valence-electron chi connectivity index (χ2n) is 4.99. The predicted octanol–water partition coefficient (Wildman–Crippen LogP) is 2.15. The summed E-state index contributed by atoms with van der Waals surface area (Å²) in [6.45, 7) is 1.70. The van der Waals surface area contributed by atoms with Crippen LogP contribution in [0.1, 0.15) is 18.4 Å². The Bertz CT molecular complexity index is 408. The summed E-state index contributed by atoms with van der Waals surface area (Å²) in [4.78, 5) is 0. The molecule has 2 unspecified atom stereocenters. The smallest absolute Gasteiger partial charge is 0.122 e. The Morgan fingerprint density at radius 3 is 3.05 bits per heavy atom. The number of nitrogens with two attached hydrogens (primary N) is 1. The molecule has 1 saturated heterocycles. The molecule has 2 atom stereocenters. The van der Waals surface area contributed by atoms with Crippen molar-refractivity contribution in [3.8, 4) is 5.75 Å². The summed E-state index contributed by atoms with van der Waals surface area (Å²) in [5.41, 5.74) is 3.97. The Balaban J connectivity index is 2.02. The van der Waals surface area contributed by atoms with Gasteiger partial charge < -0.3 is 9.47 Å². The fraction of sp³-hybridized carbons (Fsp3) is 0.571. The standard InChI is InChI=1S/C14H21ClN2O2/c1-18-14-3-2-12(15)7-11(14)8-13(17-16)6-10-4-5-19-9-10/h2-3,7,10,13,17H,4-6,8-9,16H2,1H3. The maximum Gasteiger partial charge on any atom is 0.122 e. The quantitative estimate of drug-likeness (QED) is 0.621. The van der Waals surface area contributed by atoms with Crippen LogP contribution in [0.15, 0.2) is 18.2 Å². The maximum absolute atomic E-state index is 6.04. The molecule has 0 radical (unpaired) electrons. The normalized spacial score (nSPS) is 20.5. The first-order valence-electron chi connectivity index (χ1n) is 6.59. The molecule has 0 spiro atoms. The van der Waals surface area contributed by atoms with E-state index in [4.69, 9.17) is 26.9 Å². The van der Waals surface area contributed by atoms with Gasteiger partial charge in [-0.15, -0.1) is 0 Å². The molecule has 1 fully saturated rings. The van der Waals surface area contributed by atoms with Gasteiger partial charge >= 0.3 is 0 Å². The maximum atomic E-state index is 6.04. The molecule has 3 N–H and O–H groups in total. The SMILES string of the molecule is COc1ccc(Cl)cc1CC(CC1CCOC1)NN. The van der Waals surface area contributed by atoms with Gasteiger partial charge in [0.25, 0.3) is 0 Å². The predicted molar refractivity (Wildman–Crippen MR) is 76.4 cm³/mol. The summed E-state index contributed by atoms with van der Waals surface area (Å²) in [5.74, 6) is 7.11. The van der Waals surface area contributed by atoms with E-state index in [1.165, 1.54) is 0 Å². The highest BCUT2D eigenvalue weighted by atomic mass is 35.5. The largest absolute Gasteiger partial charge is 0.496 e. The summed E-state index contributed by atoms with van der Waals surface area (Å²) in [6.07, 6.45) is 2.92. The Hall–Kier alpha value is -0.810. The number of hydrazine groups is 1. The molecule has 2 rings (SSSR count). The van der Waals surface area contributed by atoms with E-state index < -0.39 is 0 Å². The van der Waals surface area contributed by atoms with Crippen molar-refractivity contribution in [2.45, 2.75) is 25.3 Å². The van der Waals surface area contributed by atoms with Gasteiger partial charge in [0.15, 0.2) is 0 Å². The molecular formula is C14H21ClN2O2. The van der Waals surface area contributed by atoms with Crippen LogP contribution in [-0.4, -0.2) is 26.4 Å². The first-order chi connectivity index (χ1) is 9.22. The van der Waals surface area contributed by atoms with Crippen LogP contribution in [0.5, 0.6) is 5.75 Å². The third-order valence-electron chi connectivity index (χ3n) is 3.59. The van der Waals surface area contributed by atoms with E-state index in [-0.39, 0.29) is 6.04 Å². The van der Waals surface area contributed by atoms with Crippen molar-refractivity contribution in [1.82, 2.24) is 5.43 Å². The lowest BCUT2D eigenvalue weighted by molar-refractivity contribution is 0.181. The molecule has 1 aromatic carbocycles. The number of methoxy groups -OCH3 is 1. The zero-order valence-electron chi connectivity index (χ0n) is 11.2. The lowest BCUT2D eigenvalue weighted by Gasteiger charge is -2.20. The van der Waals surface area contributed by atoms with Gasteiger partial charge in [-0.25, -0.2) is 0 Å². The molecule has 1 aromatic rings. The van der Waals surface area contributed by atoms with Crippen LogP contribution in [0.4, 0.5) is 0 Å². The molecule has 0 aliphatic carbocycles. The first kappa shape index (κ1) is 14.6. The molecule has 5 heteroatoms. The van der Waals surface area contributed by atoms with Crippen molar-refractivity contribution >= 4 is 11.6 Å². The first-order valence-corrected chi connectivity index (χ1v) is 6.97. The zero-order valence-corrected chi connectivity index (χ0v) is 12.0. The Morgan fingerprint density at radius 2 is 2.42 bits per heavy atom. The average molecular weight is 285 g/mol. The lowest BCUT2D eigenvalue weighted by atomic mass is 9.94. The van der Waals surface area contributed by atoms with Gasteiger partial charge in [-0.3, -0.25) is 11.3 Å². The van der Waals surface area contributed by atoms with E-state index in [2.05, 4.69) is 5.43 Å². The van der Waals surface area contributed by atoms with Crippen LogP contribution in [0.2, 0.25) is 5.02 Å². The summed E-state index contributed by atoms with van der Waals surface area (Å²) in [7, 11) is 1.67. The van der Waals surface area contributed by atoms with Crippen molar-refractivity contribution < 1.29 is 9.47 Å². The van der Waals surface area contributed by atoms with Crippen LogP contribution in [0, 0.1) is 5.92 Å². The van der Waals surface area contributed by atoms with Crippen molar-refractivity contribution in [2.24, 2.45) is 11.8 Å². The van der Waals surface area contributed by atoms with E-state index in [1.54, 1.807) is 7.11 Å². The van der Waals surface area contributed by atoms with Gasteiger partial charge in [0.1, 0.15) is 5.75 Å². The molecule has 19 heavy (non-hydrogen) atoms. The molecule has 0 bridgehead atoms. The molecule has 0 amide bonds. The van der Waals surface area contributed by atoms with Gasteiger partial charge in [0.05, 0.1) is 7.11 Å². The number of ether oxygens (including phenoxy) is 2. The minimum Gasteiger partial charge on any atom is -0.496 e. The van der Waals surface area contributed by atoms with Crippen molar-refractivity contribution in [3.05, 3.63) is 28.8 Å². The van der Waals surface area contributed by atoms with Gasteiger partial charge in [-0.2, -0.15) is 0 Å². The summed E-state index contributed by atoms with van der Waals surface area (Å²) in [5, 5.41) is 0.718. The molecule has 4 nitrogen and oxygen atoms in total. The molecular weight excluding hydrogens is 264 g/mol. The monoisotopic (exact) mass is 284 g/mol. The van der Waals surface area contributed by atoms with E-state index in [1.807, 2.05) is 18.2 Å². The van der Waals surface area contributed by atoms with Gasteiger partial charge in [0.2, 0.25) is 0 Å².